The summed E-state index contributed by atoms with van der Waals surface area (Å²) in [5, 5.41) is 3.03. The predicted molar refractivity (Wildman–Crippen MR) is 233 cm³/mol. The minimum atomic E-state index is -2.17. The molecule has 5 nitrogen and oxygen atoms in total. The van der Waals surface area contributed by atoms with Crippen LogP contribution in [-0.4, -0.2) is 27.6 Å². The standard InChI is InChI=1S/C29H24N3O.C20H28NSi.Ir/c1-18-16-17-20-19-10-9-11-21(26(19)33-28(20)30-18)27-31-23-13-6-8-15-25(23)32(27)24-14-7-5-12-22(24)29(2,3)4;1-15-8-10-16(11-9-15)18-12-17(13-20(2,3)4)19(14-21-18)22(5,6)7;/h5-10,12-17H,1-4H3;8-10,12,14H,13H2,1-7H3;/q2*-1;/i;1D3,13D2;. The van der Waals surface area contributed by atoms with E-state index in [-0.39, 0.29) is 31.1 Å². The van der Waals surface area contributed by atoms with Crippen molar-refractivity contribution >= 4 is 46.4 Å². The number of nitrogens with zero attached hydrogens (tertiary/aromatic N) is 4. The van der Waals surface area contributed by atoms with Gasteiger partial charge in [-0.1, -0.05) is 121 Å². The number of benzene rings is 4. The number of hydrogen-bond acceptors (Lipinski definition) is 4. The van der Waals surface area contributed by atoms with Crippen LogP contribution < -0.4 is 5.19 Å². The zero-order valence-corrected chi connectivity index (χ0v) is 37.2. The van der Waals surface area contributed by atoms with Crippen molar-refractivity contribution < 1.29 is 31.4 Å². The molecule has 0 saturated heterocycles. The van der Waals surface area contributed by atoms with Crippen LogP contribution in [0.2, 0.25) is 19.6 Å². The predicted octanol–water partition coefficient (Wildman–Crippen LogP) is 12.4. The molecule has 0 bridgehead atoms. The van der Waals surface area contributed by atoms with Gasteiger partial charge in [-0.05, 0) is 70.9 Å². The van der Waals surface area contributed by atoms with Crippen molar-refractivity contribution in [2.75, 3.05) is 0 Å². The molecular weight excluding hydrogens is 881 g/mol. The molecule has 0 unspecified atom stereocenters. The van der Waals surface area contributed by atoms with E-state index in [1.807, 2.05) is 58.0 Å². The molecule has 0 aliphatic carbocycles. The monoisotopic (exact) mass is 938 g/mol. The van der Waals surface area contributed by atoms with Gasteiger partial charge in [0.05, 0.1) is 30.5 Å². The third-order valence-electron chi connectivity index (χ3n) is 9.49. The molecule has 0 amide bonds. The van der Waals surface area contributed by atoms with Gasteiger partial charge in [-0.2, -0.15) is 0 Å². The van der Waals surface area contributed by atoms with E-state index in [1.165, 1.54) is 11.6 Å². The second-order valence-corrected chi connectivity index (χ2v) is 22.3. The average Bonchev–Trinajstić information content (AvgIpc) is 3.75. The van der Waals surface area contributed by atoms with Crippen molar-refractivity contribution in [1.82, 2.24) is 19.5 Å². The summed E-state index contributed by atoms with van der Waals surface area (Å²) in [5.41, 5.74) is 9.10. The first-order valence-electron chi connectivity index (χ1n) is 21.3. The fourth-order valence-electron chi connectivity index (χ4n) is 6.91. The van der Waals surface area contributed by atoms with Gasteiger partial charge in [-0.3, -0.25) is 4.98 Å². The van der Waals surface area contributed by atoms with Gasteiger partial charge in [-0.15, -0.1) is 53.6 Å². The maximum Gasteiger partial charge on any atom is 0.216 e. The van der Waals surface area contributed by atoms with E-state index in [9.17, 15) is 0 Å². The van der Waals surface area contributed by atoms with Gasteiger partial charge in [0.2, 0.25) is 5.71 Å². The van der Waals surface area contributed by atoms with Crippen LogP contribution in [0.4, 0.5) is 0 Å². The van der Waals surface area contributed by atoms with E-state index in [2.05, 4.69) is 116 Å². The van der Waals surface area contributed by atoms with Crippen LogP contribution in [0.1, 0.15) is 70.8 Å². The van der Waals surface area contributed by atoms with E-state index in [1.54, 1.807) is 18.3 Å². The number of imidazole rings is 1. The Labute approximate surface area is 354 Å². The number of aromatic nitrogens is 4. The third kappa shape index (κ3) is 8.51. The molecule has 4 aromatic heterocycles. The van der Waals surface area contributed by atoms with Crippen molar-refractivity contribution in [3.8, 4) is 28.3 Å². The molecule has 8 rings (SSSR count). The number of rotatable bonds is 5. The number of pyridine rings is 2. The van der Waals surface area contributed by atoms with Gasteiger partial charge >= 0.3 is 0 Å². The number of furan rings is 1. The van der Waals surface area contributed by atoms with Crippen molar-refractivity contribution in [3.05, 3.63) is 138 Å². The van der Waals surface area contributed by atoms with Crippen LogP contribution >= 0.6 is 0 Å². The molecule has 0 fully saturated rings. The summed E-state index contributed by atoms with van der Waals surface area (Å²) in [6.45, 7) is 18.8. The average molecular weight is 938 g/mol. The molecule has 8 aromatic rings. The van der Waals surface area contributed by atoms with Crippen LogP contribution in [0.3, 0.4) is 0 Å². The van der Waals surface area contributed by atoms with Crippen molar-refractivity contribution in [3.63, 3.8) is 0 Å². The Kier molecular flexibility index (Phi) is 9.68. The Morgan fingerprint density at radius 2 is 1.61 bits per heavy atom. The second-order valence-electron chi connectivity index (χ2n) is 17.3. The summed E-state index contributed by atoms with van der Waals surface area (Å²) in [4.78, 5) is 14.2. The first-order valence-corrected chi connectivity index (χ1v) is 22.3. The minimum absolute atomic E-state index is 0. The zero-order valence-electron chi connectivity index (χ0n) is 38.8. The summed E-state index contributed by atoms with van der Waals surface area (Å²) < 4.78 is 48.6. The van der Waals surface area contributed by atoms with E-state index in [4.69, 9.17) is 16.3 Å². The smallest absolute Gasteiger partial charge is 0.216 e. The van der Waals surface area contributed by atoms with Crippen molar-refractivity contribution in [2.45, 2.75) is 86.7 Å². The van der Waals surface area contributed by atoms with E-state index in [0.717, 1.165) is 55.3 Å². The van der Waals surface area contributed by atoms with E-state index >= 15 is 0 Å². The number of hydrogen-bond donors (Lipinski definition) is 0. The maximum absolute atomic E-state index is 8.79. The van der Waals surface area contributed by atoms with E-state index in [0.29, 0.717) is 22.5 Å². The van der Waals surface area contributed by atoms with Gasteiger partial charge < -0.3 is 14.0 Å². The van der Waals surface area contributed by atoms with Gasteiger partial charge in [0, 0.05) is 49.9 Å². The van der Waals surface area contributed by atoms with Gasteiger partial charge in [0.25, 0.3) is 0 Å². The maximum atomic E-state index is 8.79. The SMILES string of the molecule is Cc1ccc2c(n1)oc1c(-c3nc4ccccc4n3-c3ccccc3C(C)(C)C)[c-]ccc12.[2H]C([2H])([2H])c1c[c-]c(-c2cc(C([2H])([2H])C(C)(C)C)c([Si](C)(C)C)cn2)cc1.[Ir]. The molecule has 0 N–H and O–H groups in total. The molecule has 1 radical (unpaired) electrons. The molecule has 0 atom stereocenters. The van der Waals surface area contributed by atoms with Gasteiger partial charge in [0.1, 0.15) is 0 Å². The molecule has 4 aromatic carbocycles. The summed E-state index contributed by atoms with van der Waals surface area (Å²) in [6.07, 6.45) is 0.269. The summed E-state index contributed by atoms with van der Waals surface area (Å²) >= 11 is 0. The van der Waals surface area contributed by atoms with Crippen LogP contribution in [-0.2, 0) is 31.9 Å². The molecule has 4 heterocycles. The van der Waals surface area contributed by atoms with E-state index < -0.39 is 26.7 Å². The molecule has 7 heteroatoms. The Morgan fingerprint density at radius 3 is 2.30 bits per heavy atom. The summed E-state index contributed by atoms with van der Waals surface area (Å²) in [5.74, 6) is 0.814. The molecule has 0 aliphatic rings. The van der Waals surface area contributed by atoms with Gasteiger partial charge in [0.15, 0.2) is 0 Å². The van der Waals surface area contributed by atoms with Crippen LogP contribution in [0, 0.1) is 31.3 Å². The third-order valence-corrected chi connectivity index (χ3v) is 11.5. The summed E-state index contributed by atoms with van der Waals surface area (Å²) in [7, 11) is -1.81. The molecule has 0 saturated carbocycles. The quantitative estimate of drug-likeness (QED) is 0.127. The fraction of sp³-hybridized carbons (Fsp3) is 0.286. The molecular formula is C49H52IrN4OSi-2. The number of para-hydroxylation sites is 3. The Balaban J connectivity index is 0.000000206. The first kappa shape index (κ1) is 34.6. The second kappa shape index (κ2) is 15.7. The van der Waals surface area contributed by atoms with Crippen molar-refractivity contribution in [1.29, 1.82) is 0 Å². The summed E-state index contributed by atoms with van der Waals surface area (Å²) in [6, 6.07) is 37.9. The Hall–Kier alpha value is -4.68. The molecule has 289 valence electrons. The minimum Gasteiger partial charge on any atom is -0.486 e. The number of fused-ring (bicyclic) bond motifs is 4. The molecule has 0 spiro atoms. The van der Waals surface area contributed by atoms with Crippen LogP contribution in [0.15, 0.2) is 108 Å². The van der Waals surface area contributed by atoms with Gasteiger partial charge in [-0.25, -0.2) is 4.98 Å². The largest absolute Gasteiger partial charge is 0.486 e. The number of aryl methyl sites for hydroxylation is 2. The first-order chi connectivity index (χ1) is 28.0. The Bertz CT molecular complexity index is 2860. The normalized spacial score (nSPS) is 13.9. The van der Waals surface area contributed by atoms with Crippen LogP contribution in [0.5, 0.6) is 0 Å². The zero-order chi connectivity index (χ0) is 43.6. The Morgan fingerprint density at radius 1 is 0.857 bits per heavy atom. The van der Waals surface area contributed by atoms with Crippen LogP contribution in [0.25, 0.3) is 61.4 Å². The molecule has 56 heavy (non-hydrogen) atoms. The fourth-order valence-corrected chi connectivity index (χ4v) is 8.31. The van der Waals surface area contributed by atoms with Crippen molar-refractivity contribution in [2.24, 2.45) is 5.41 Å². The molecule has 0 aliphatic heterocycles. The topological polar surface area (TPSA) is 56.7 Å².